The van der Waals surface area contributed by atoms with Crippen LogP contribution >= 0.6 is 0 Å². The van der Waals surface area contributed by atoms with Crippen molar-refractivity contribution in [3.05, 3.63) is 70.8 Å². The highest BCUT2D eigenvalue weighted by molar-refractivity contribution is 5.96. The number of carbonyl (C=O) groups excluding carboxylic acids is 1. The van der Waals surface area contributed by atoms with Crippen molar-refractivity contribution >= 4 is 5.91 Å². The van der Waals surface area contributed by atoms with Gasteiger partial charge in [-0.15, -0.1) is 0 Å². The van der Waals surface area contributed by atoms with Crippen LogP contribution in [0.3, 0.4) is 0 Å². The first-order chi connectivity index (χ1) is 10.1. The van der Waals surface area contributed by atoms with Crippen LogP contribution in [-0.2, 0) is 0 Å². The van der Waals surface area contributed by atoms with Crippen molar-refractivity contribution in [2.75, 3.05) is 0 Å². The van der Waals surface area contributed by atoms with E-state index < -0.39 is 0 Å². The second-order valence-corrected chi connectivity index (χ2v) is 5.54. The van der Waals surface area contributed by atoms with Gasteiger partial charge < -0.3 is 5.32 Å². The molecule has 2 rings (SSSR count). The zero-order chi connectivity index (χ0) is 15.2. The van der Waals surface area contributed by atoms with Crippen molar-refractivity contribution in [3.8, 4) is 0 Å². The maximum atomic E-state index is 12.6. The summed E-state index contributed by atoms with van der Waals surface area (Å²) in [5, 5.41) is 3.18. The summed E-state index contributed by atoms with van der Waals surface area (Å²) in [6.45, 7) is 6.13. The second kappa shape index (κ2) is 7.07. The Morgan fingerprint density at radius 2 is 1.81 bits per heavy atom. The SMILES string of the molecule is CCCC(NC(=O)c1cc(C)ccc1C)c1ccccc1. The molecule has 0 bridgehead atoms. The summed E-state index contributed by atoms with van der Waals surface area (Å²) >= 11 is 0. The van der Waals surface area contributed by atoms with Gasteiger partial charge in [-0.25, -0.2) is 0 Å². The number of nitrogens with one attached hydrogen (secondary N) is 1. The fourth-order valence-electron chi connectivity index (χ4n) is 2.51. The zero-order valence-corrected chi connectivity index (χ0v) is 13.0. The van der Waals surface area contributed by atoms with Gasteiger partial charge in [-0.2, -0.15) is 0 Å². The molecule has 0 spiro atoms. The average molecular weight is 281 g/mol. The van der Waals surface area contributed by atoms with Crippen molar-refractivity contribution < 1.29 is 4.79 Å². The van der Waals surface area contributed by atoms with E-state index in [4.69, 9.17) is 0 Å². The molecule has 2 aromatic rings. The van der Waals surface area contributed by atoms with Gasteiger partial charge in [-0.1, -0.05) is 61.4 Å². The van der Waals surface area contributed by atoms with Crippen LogP contribution in [0.1, 0.15) is 52.9 Å². The molecule has 21 heavy (non-hydrogen) atoms. The molecule has 0 aliphatic heterocycles. The molecule has 0 saturated heterocycles. The zero-order valence-electron chi connectivity index (χ0n) is 13.0. The molecule has 1 amide bonds. The van der Waals surface area contributed by atoms with Crippen molar-refractivity contribution in [3.63, 3.8) is 0 Å². The second-order valence-electron chi connectivity index (χ2n) is 5.54. The Bertz CT molecular complexity index is 604. The predicted octanol–water partition coefficient (Wildman–Crippen LogP) is 4.57. The van der Waals surface area contributed by atoms with E-state index in [0.29, 0.717) is 0 Å². The molecule has 2 aromatic carbocycles. The van der Waals surface area contributed by atoms with Gasteiger partial charge in [0.25, 0.3) is 5.91 Å². The predicted molar refractivity (Wildman–Crippen MR) is 87.5 cm³/mol. The van der Waals surface area contributed by atoms with Crippen molar-refractivity contribution in [1.29, 1.82) is 0 Å². The third-order valence-electron chi connectivity index (χ3n) is 3.72. The Labute approximate surface area is 127 Å². The lowest BCUT2D eigenvalue weighted by molar-refractivity contribution is 0.0934. The quantitative estimate of drug-likeness (QED) is 0.854. The normalized spacial score (nSPS) is 12.0. The maximum absolute atomic E-state index is 12.6. The first-order valence-electron chi connectivity index (χ1n) is 7.55. The van der Waals surface area contributed by atoms with Crippen molar-refractivity contribution in [2.24, 2.45) is 0 Å². The van der Waals surface area contributed by atoms with Crippen LogP contribution in [0.2, 0.25) is 0 Å². The minimum Gasteiger partial charge on any atom is -0.345 e. The minimum absolute atomic E-state index is 0.0125. The summed E-state index contributed by atoms with van der Waals surface area (Å²) in [5.74, 6) is 0.0125. The van der Waals surface area contributed by atoms with E-state index in [1.807, 2.05) is 50.2 Å². The minimum atomic E-state index is 0.0125. The standard InChI is InChI=1S/C19H23NO/c1-4-8-18(16-9-6-5-7-10-16)20-19(21)17-13-14(2)11-12-15(17)3/h5-7,9-13,18H,4,8H2,1-3H3,(H,20,21). The summed E-state index contributed by atoms with van der Waals surface area (Å²) < 4.78 is 0. The van der Waals surface area contributed by atoms with E-state index >= 15 is 0 Å². The van der Waals surface area contributed by atoms with Crippen molar-refractivity contribution in [2.45, 2.75) is 39.7 Å². The smallest absolute Gasteiger partial charge is 0.252 e. The Morgan fingerprint density at radius 1 is 1.10 bits per heavy atom. The molecule has 0 heterocycles. The van der Waals surface area contributed by atoms with Crippen LogP contribution in [-0.4, -0.2) is 5.91 Å². The van der Waals surface area contributed by atoms with Crippen LogP contribution in [0.15, 0.2) is 48.5 Å². The lowest BCUT2D eigenvalue weighted by Gasteiger charge is -2.19. The number of hydrogen-bond donors (Lipinski definition) is 1. The highest BCUT2D eigenvalue weighted by Crippen LogP contribution is 2.20. The lowest BCUT2D eigenvalue weighted by Crippen LogP contribution is -2.29. The van der Waals surface area contributed by atoms with Gasteiger partial charge in [0.15, 0.2) is 0 Å². The van der Waals surface area contributed by atoms with Gasteiger partial charge in [0.1, 0.15) is 0 Å². The Hall–Kier alpha value is -2.09. The Balaban J connectivity index is 2.20. The van der Waals surface area contributed by atoms with E-state index in [0.717, 1.165) is 35.1 Å². The maximum Gasteiger partial charge on any atom is 0.252 e. The molecule has 1 atom stereocenters. The first kappa shape index (κ1) is 15.3. The van der Waals surface area contributed by atoms with E-state index in [1.165, 1.54) is 0 Å². The van der Waals surface area contributed by atoms with Gasteiger partial charge in [0.05, 0.1) is 6.04 Å². The summed E-state index contributed by atoms with van der Waals surface area (Å²) in [6, 6.07) is 16.2. The molecular formula is C19H23NO. The van der Waals surface area contributed by atoms with Gasteiger partial charge >= 0.3 is 0 Å². The summed E-state index contributed by atoms with van der Waals surface area (Å²) in [7, 11) is 0. The van der Waals surface area contributed by atoms with E-state index in [2.05, 4.69) is 24.4 Å². The highest BCUT2D eigenvalue weighted by atomic mass is 16.1. The molecular weight excluding hydrogens is 258 g/mol. The number of aryl methyl sites for hydroxylation is 2. The highest BCUT2D eigenvalue weighted by Gasteiger charge is 2.16. The topological polar surface area (TPSA) is 29.1 Å². The number of benzene rings is 2. The first-order valence-corrected chi connectivity index (χ1v) is 7.55. The Morgan fingerprint density at radius 3 is 2.48 bits per heavy atom. The third kappa shape index (κ3) is 3.94. The van der Waals surface area contributed by atoms with Crippen LogP contribution < -0.4 is 5.32 Å². The van der Waals surface area contributed by atoms with Gasteiger partial charge in [0.2, 0.25) is 0 Å². The summed E-state index contributed by atoms with van der Waals surface area (Å²) in [5.41, 5.74) is 4.06. The molecule has 2 nitrogen and oxygen atoms in total. The average Bonchev–Trinajstić information content (AvgIpc) is 2.50. The molecule has 1 N–H and O–H groups in total. The van der Waals surface area contributed by atoms with E-state index in [-0.39, 0.29) is 11.9 Å². The summed E-state index contributed by atoms with van der Waals surface area (Å²) in [6.07, 6.45) is 1.98. The van der Waals surface area contributed by atoms with Gasteiger partial charge in [-0.3, -0.25) is 4.79 Å². The van der Waals surface area contributed by atoms with Crippen LogP contribution in [0.4, 0.5) is 0 Å². The molecule has 1 unspecified atom stereocenters. The fourth-order valence-corrected chi connectivity index (χ4v) is 2.51. The number of amides is 1. The lowest BCUT2D eigenvalue weighted by atomic mass is 10.0. The van der Waals surface area contributed by atoms with Gasteiger partial charge in [-0.05, 0) is 37.5 Å². The van der Waals surface area contributed by atoms with Crippen LogP contribution in [0.5, 0.6) is 0 Å². The molecule has 110 valence electrons. The molecule has 0 radical (unpaired) electrons. The van der Waals surface area contributed by atoms with Crippen LogP contribution in [0.25, 0.3) is 0 Å². The molecule has 0 aromatic heterocycles. The van der Waals surface area contributed by atoms with Crippen molar-refractivity contribution in [1.82, 2.24) is 5.32 Å². The molecule has 0 aliphatic carbocycles. The molecule has 2 heteroatoms. The molecule has 0 aliphatic rings. The fraction of sp³-hybridized carbons (Fsp3) is 0.316. The number of hydrogen-bond acceptors (Lipinski definition) is 1. The Kier molecular flexibility index (Phi) is 5.15. The summed E-state index contributed by atoms with van der Waals surface area (Å²) in [4.78, 5) is 12.6. The van der Waals surface area contributed by atoms with Crippen LogP contribution in [0, 0.1) is 13.8 Å². The number of rotatable bonds is 5. The number of carbonyl (C=O) groups is 1. The third-order valence-corrected chi connectivity index (χ3v) is 3.72. The van der Waals surface area contributed by atoms with E-state index in [9.17, 15) is 4.79 Å². The molecule has 0 saturated carbocycles. The van der Waals surface area contributed by atoms with Gasteiger partial charge in [0, 0.05) is 5.56 Å². The van der Waals surface area contributed by atoms with E-state index in [1.54, 1.807) is 0 Å². The largest absolute Gasteiger partial charge is 0.345 e. The molecule has 0 fully saturated rings. The monoisotopic (exact) mass is 281 g/mol.